The second kappa shape index (κ2) is 11.2. The minimum absolute atomic E-state index is 0.0465. The number of halogens is 2. The number of hydrogen-bond acceptors (Lipinski definition) is 7. The number of rotatable bonds is 6. The van der Waals surface area contributed by atoms with Crippen LogP contribution < -0.4 is 9.80 Å². The minimum Gasteiger partial charge on any atom is -0.507 e. The van der Waals surface area contributed by atoms with Crippen molar-refractivity contribution in [3.8, 4) is 5.75 Å². The van der Waals surface area contributed by atoms with Gasteiger partial charge in [0.1, 0.15) is 11.6 Å². The van der Waals surface area contributed by atoms with Crippen molar-refractivity contribution in [2.75, 3.05) is 9.80 Å². The fourth-order valence-electron chi connectivity index (χ4n) is 8.39. The Kier molecular flexibility index (Phi) is 7.35. The van der Waals surface area contributed by atoms with Crippen LogP contribution >= 0.6 is 11.6 Å². The van der Waals surface area contributed by atoms with Gasteiger partial charge < -0.3 is 5.11 Å². The van der Waals surface area contributed by atoms with Crippen LogP contribution in [0.2, 0.25) is 5.02 Å². The summed E-state index contributed by atoms with van der Waals surface area (Å²) in [5, 5.41) is 22.8. The molecule has 0 aromatic heterocycles. The van der Waals surface area contributed by atoms with Crippen molar-refractivity contribution in [1.29, 1.82) is 0 Å². The zero-order valence-corrected chi connectivity index (χ0v) is 26.4. The molecule has 0 spiro atoms. The third kappa shape index (κ3) is 4.37. The average Bonchev–Trinajstić information content (AvgIpc) is 3.43. The van der Waals surface area contributed by atoms with Gasteiger partial charge in [0.25, 0.3) is 5.69 Å². The van der Waals surface area contributed by atoms with Crippen molar-refractivity contribution >= 4 is 52.3 Å². The highest BCUT2D eigenvalue weighted by atomic mass is 35.5. The molecular formula is C36H29ClFN3O7. The highest BCUT2D eigenvalue weighted by Gasteiger charge is 2.68. The first-order valence-electron chi connectivity index (χ1n) is 15.5. The van der Waals surface area contributed by atoms with Gasteiger partial charge in [0, 0.05) is 23.6 Å². The normalized spacial score (nSPS) is 27.8. The van der Waals surface area contributed by atoms with Crippen molar-refractivity contribution in [2.24, 2.45) is 29.1 Å². The maximum atomic E-state index is 14.6. The number of nitro groups is 1. The van der Waals surface area contributed by atoms with Gasteiger partial charge in [0.2, 0.25) is 23.6 Å². The Hall–Kier alpha value is -5.16. The maximum absolute atomic E-state index is 14.6. The number of carbonyl (C=O) groups excluding carboxylic acids is 4. The lowest BCUT2D eigenvalue weighted by atomic mass is 9.51. The first kappa shape index (κ1) is 31.4. The number of anilines is 2. The molecule has 6 unspecified atom stereocenters. The van der Waals surface area contributed by atoms with Crippen molar-refractivity contribution in [3.05, 3.63) is 117 Å². The summed E-state index contributed by atoms with van der Waals surface area (Å²) in [6.07, 6.45) is 4.00. The van der Waals surface area contributed by atoms with Crippen molar-refractivity contribution in [3.63, 3.8) is 0 Å². The molecule has 6 atom stereocenters. The van der Waals surface area contributed by atoms with Gasteiger partial charge in [-0.2, -0.15) is 0 Å². The lowest BCUT2D eigenvalue weighted by Gasteiger charge is -2.49. The number of phenols is 1. The van der Waals surface area contributed by atoms with Gasteiger partial charge in [-0.3, -0.25) is 29.3 Å². The molecular weight excluding hydrogens is 641 g/mol. The van der Waals surface area contributed by atoms with Gasteiger partial charge in [-0.1, -0.05) is 53.6 Å². The van der Waals surface area contributed by atoms with Crippen LogP contribution in [0.15, 0.2) is 85.0 Å². The molecule has 0 radical (unpaired) electrons. The molecule has 4 amide bonds. The molecule has 2 aliphatic carbocycles. The fraction of sp³-hybridized carbons (Fsp3) is 0.278. The number of benzene rings is 3. The zero-order chi connectivity index (χ0) is 34.2. The second-order valence-electron chi connectivity index (χ2n) is 12.9. The summed E-state index contributed by atoms with van der Waals surface area (Å²) < 4.78 is 14.1. The molecule has 2 aliphatic heterocycles. The molecule has 10 nitrogen and oxygen atoms in total. The molecule has 3 aromatic carbocycles. The summed E-state index contributed by atoms with van der Waals surface area (Å²) in [5.41, 5.74) is 0.0564. The first-order valence-corrected chi connectivity index (χ1v) is 15.8. The molecule has 4 aliphatic rings. The van der Waals surface area contributed by atoms with Gasteiger partial charge in [0.05, 0.1) is 44.5 Å². The van der Waals surface area contributed by atoms with Crippen LogP contribution in [0.25, 0.3) is 0 Å². The van der Waals surface area contributed by atoms with E-state index >= 15 is 0 Å². The fourth-order valence-corrected chi connectivity index (χ4v) is 8.57. The number of imide groups is 2. The monoisotopic (exact) mass is 669 g/mol. The number of amides is 4. The van der Waals surface area contributed by atoms with Gasteiger partial charge in [-0.15, -0.1) is 6.58 Å². The number of fused-ring (bicyclic) bond motifs is 4. The second-order valence-corrected chi connectivity index (χ2v) is 13.3. The van der Waals surface area contributed by atoms with E-state index in [0.717, 1.165) is 15.9 Å². The summed E-state index contributed by atoms with van der Waals surface area (Å²) in [6.45, 7) is 5.45. The molecule has 12 heteroatoms. The molecule has 1 saturated carbocycles. The predicted molar refractivity (Wildman–Crippen MR) is 174 cm³/mol. The van der Waals surface area contributed by atoms with Crippen molar-refractivity contribution in [1.82, 2.24) is 0 Å². The van der Waals surface area contributed by atoms with E-state index in [1.54, 1.807) is 31.2 Å². The smallest absolute Gasteiger partial charge is 0.271 e. The van der Waals surface area contributed by atoms with Crippen molar-refractivity contribution < 1.29 is 33.6 Å². The predicted octanol–water partition coefficient (Wildman–Crippen LogP) is 6.26. The number of allylic oxidation sites excluding steroid dienone is 3. The first-order chi connectivity index (χ1) is 22.9. The van der Waals surface area contributed by atoms with Crippen LogP contribution in [-0.4, -0.2) is 33.7 Å². The molecule has 2 saturated heterocycles. The van der Waals surface area contributed by atoms with Gasteiger partial charge >= 0.3 is 0 Å². The van der Waals surface area contributed by atoms with Crippen LogP contribution in [0.5, 0.6) is 5.75 Å². The Morgan fingerprint density at radius 1 is 1.02 bits per heavy atom. The number of non-ortho nitro benzene ring substituents is 1. The van der Waals surface area contributed by atoms with Crippen LogP contribution in [0.4, 0.5) is 21.5 Å². The van der Waals surface area contributed by atoms with Crippen molar-refractivity contribution in [2.45, 2.75) is 32.1 Å². The third-order valence-electron chi connectivity index (χ3n) is 10.6. The number of carbonyl (C=O) groups is 4. The van der Waals surface area contributed by atoms with E-state index in [1.165, 1.54) is 36.4 Å². The summed E-state index contributed by atoms with van der Waals surface area (Å²) >= 11 is 6.06. The quantitative estimate of drug-likeness (QED) is 0.142. The van der Waals surface area contributed by atoms with E-state index < -0.39 is 69.4 Å². The molecule has 3 aromatic rings. The molecule has 0 bridgehead atoms. The topological polar surface area (TPSA) is 138 Å². The van der Waals surface area contributed by atoms with Crippen LogP contribution in [0.3, 0.4) is 0 Å². The Morgan fingerprint density at radius 3 is 2.46 bits per heavy atom. The third-order valence-corrected chi connectivity index (χ3v) is 10.9. The number of nitro benzene ring substituents is 1. The summed E-state index contributed by atoms with van der Waals surface area (Å²) in [4.78, 5) is 69.8. The summed E-state index contributed by atoms with van der Waals surface area (Å²) in [7, 11) is 0. The van der Waals surface area contributed by atoms with Crippen LogP contribution in [0, 0.1) is 45.0 Å². The molecule has 2 heterocycles. The van der Waals surface area contributed by atoms with Gasteiger partial charge in [-0.05, 0) is 61.9 Å². The molecule has 7 rings (SSSR count). The summed E-state index contributed by atoms with van der Waals surface area (Å²) in [5.74, 6) is -7.22. The highest BCUT2D eigenvalue weighted by molar-refractivity contribution is 6.32. The van der Waals surface area contributed by atoms with E-state index in [9.17, 15) is 38.8 Å². The average molecular weight is 670 g/mol. The number of nitrogens with zero attached hydrogens (tertiary/aromatic N) is 3. The molecule has 48 heavy (non-hydrogen) atoms. The van der Waals surface area contributed by atoms with E-state index in [1.807, 2.05) is 6.08 Å². The number of aromatic hydroxyl groups is 1. The van der Waals surface area contributed by atoms with E-state index in [0.29, 0.717) is 23.1 Å². The Balaban J connectivity index is 1.38. The highest BCUT2D eigenvalue weighted by Crippen LogP contribution is 2.64. The Bertz CT molecular complexity index is 2010. The molecule has 3 fully saturated rings. The Labute approximate surface area is 279 Å². The molecule has 244 valence electrons. The standard InChI is InChI=1S/C36H29ClFN3O7/c1-3-6-18-7-4-10-24(31(18)42)30-22-12-13-23-29(34(45)39(32(23)43)19-8-5-9-21(15-19)41(47)48)25(22)17-26-33(44)40(35(46)36(26,30)2)20-11-14-28(38)27(37)16-20/h3-5,7-12,14-16,23,25-26,29-30,42H,1,6,13,17H2,2H3. The van der Waals surface area contributed by atoms with Gasteiger partial charge in [0.15, 0.2) is 0 Å². The van der Waals surface area contributed by atoms with E-state index in [2.05, 4.69) is 6.58 Å². The van der Waals surface area contributed by atoms with E-state index in [-0.39, 0.29) is 40.7 Å². The summed E-state index contributed by atoms with van der Waals surface area (Å²) in [6, 6.07) is 14.1. The van der Waals surface area contributed by atoms with E-state index in [4.69, 9.17) is 11.6 Å². The number of para-hydroxylation sites is 1. The van der Waals surface area contributed by atoms with Crippen LogP contribution in [-0.2, 0) is 25.6 Å². The number of phenolic OH excluding ortho intramolecular Hbond substituents is 1. The number of hydrogen-bond donors (Lipinski definition) is 1. The lowest BCUT2D eigenvalue weighted by Crippen LogP contribution is -2.49. The largest absolute Gasteiger partial charge is 0.507 e. The lowest BCUT2D eigenvalue weighted by molar-refractivity contribution is -0.384. The van der Waals surface area contributed by atoms with Crippen LogP contribution in [0.1, 0.15) is 36.8 Å². The SMILES string of the molecule is C=CCc1cccc(C2C3=CCC4C(=O)N(c5cccc([N+](=O)[O-])c5)C(=O)C4C3CC3C(=O)N(c4ccc(F)c(Cl)c4)C(=O)C32C)c1O. The minimum atomic E-state index is -1.44. The van der Waals surface area contributed by atoms with Gasteiger partial charge in [-0.25, -0.2) is 14.2 Å². The Morgan fingerprint density at radius 2 is 1.75 bits per heavy atom. The zero-order valence-electron chi connectivity index (χ0n) is 25.6. The molecule has 1 N–H and O–H groups in total. The maximum Gasteiger partial charge on any atom is 0.271 e.